The molecule has 0 aliphatic carbocycles. The maximum Gasteiger partial charge on any atom is 0.254 e. The summed E-state index contributed by atoms with van der Waals surface area (Å²) in [5, 5.41) is 5.81. The number of halogens is 1. The second-order valence-corrected chi connectivity index (χ2v) is 5.62. The number of nitrogens with zero attached hydrogens (tertiary/aromatic N) is 3. The molecule has 2 aromatic heterocycles. The zero-order valence-corrected chi connectivity index (χ0v) is 14.2. The van der Waals surface area contributed by atoms with Gasteiger partial charge in [-0.2, -0.15) is 0 Å². The standard InChI is InChI=1S/C19H18FN5O/c1-13-11-17(25-18(24-13)14-5-4-8-21-12-14)22-9-10-23-19(26)15-6-2-3-7-16(15)20/h2-8,11-12H,9-10H2,1H3,(H,23,26)(H,22,24,25). The van der Waals surface area contributed by atoms with E-state index in [1.54, 1.807) is 24.5 Å². The third-order valence-electron chi connectivity index (χ3n) is 3.61. The van der Waals surface area contributed by atoms with E-state index in [1.165, 1.54) is 12.1 Å². The van der Waals surface area contributed by atoms with Crippen LogP contribution in [0.2, 0.25) is 0 Å². The maximum absolute atomic E-state index is 13.6. The molecule has 132 valence electrons. The molecule has 0 saturated heterocycles. The Morgan fingerprint density at radius 3 is 2.73 bits per heavy atom. The van der Waals surface area contributed by atoms with Crippen molar-refractivity contribution < 1.29 is 9.18 Å². The second-order valence-electron chi connectivity index (χ2n) is 5.62. The third-order valence-corrected chi connectivity index (χ3v) is 3.61. The Labute approximate surface area is 150 Å². The molecule has 0 bridgehead atoms. The van der Waals surface area contributed by atoms with Crippen LogP contribution in [0.4, 0.5) is 10.2 Å². The van der Waals surface area contributed by atoms with Gasteiger partial charge in [0.1, 0.15) is 11.6 Å². The summed E-state index contributed by atoms with van der Waals surface area (Å²) in [5.74, 6) is 0.248. The molecular weight excluding hydrogens is 333 g/mol. The lowest BCUT2D eigenvalue weighted by molar-refractivity contribution is 0.0951. The van der Waals surface area contributed by atoms with Gasteiger partial charge in [0.2, 0.25) is 0 Å². The summed E-state index contributed by atoms with van der Waals surface area (Å²) < 4.78 is 13.6. The number of hydrogen-bond acceptors (Lipinski definition) is 5. The van der Waals surface area contributed by atoms with Crippen molar-refractivity contribution in [2.24, 2.45) is 0 Å². The lowest BCUT2D eigenvalue weighted by atomic mass is 10.2. The topological polar surface area (TPSA) is 79.8 Å². The van der Waals surface area contributed by atoms with Crippen LogP contribution in [-0.4, -0.2) is 33.9 Å². The van der Waals surface area contributed by atoms with Crippen molar-refractivity contribution in [1.82, 2.24) is 20.3 Å². The van der Waals surface area contributed by atoms with Crippen LogP contribution in [0.3, 0.4) is 0 Å². The number of nitrogens with one attached hydrogen (secondary N) is 2. The number of benzene rings is 1. The van der Waals surface area contributed by atoms with Crippen molar-refractivity contribution in [1.29, 1.82) is 0 Å². The second kappa shape index (κ2) is 8.15. The smallest absolute Gasteiger partial charge is 0.254 e. The lowest BCUT2D eigenvalue weighted by Crippen LogP contribution is -2.29. The fourth-order valence-electron chi connectivity index (χ4n) is 2.39. The molecule has 1 amide bonds. The van der Waals surface area contributed by atoms with Crippen LogP contribution in [0, 0.1) is 12.7 Å². The van der Waals surface area contributed by atoms with E-state index in [2.05, 4.69) is 25.6 Å². The number of rotatable bonds is 6. The largest absolute Gasteiger partial charge is 0.368 e. The summed E-state index contributed by atoms with van der Waals surface area (Å²) >= 11 is 0. The summed E-state index contributed by atoms with van der Waals surface area (Å²) in [5.41, 5.74) is 1.67. The Morgan fingerprint density at radius 1 is 1.12 bits per heavy atom. The first-order valence-corrected chi connectivity index (χ1v) is 8.16. The molecule has 6 nitrogen and oxygen atoms in total. The average molecular weight is 351 g/mol. The minimum absolute atomic E-state index is 0.0317. The van der Waals surface area contributed by atoms with Gasteiger partial charge in [0.15, 0.2) is 5.82 Å². The lowest BCUT2D eigenvalue weighted by Gasteiger charge is -2.10. The molecule has 0 fully saturated rings. The Morgan fingerprint density at radius 2 is 1.96 bits per heavy atom. The fourth-order valence-corrected chi connectivity index (χ4v) is 2.39. The van der Waals surface area contributed by atoms with Gasteiger partial charge < -0.3 is 10.6 Å². The molecular formula is C19H18FN5O. The molecule has 2 N–H and O–H groups in total. The Balaban J connectivity index is 1.58. The van der Waals surface area contributed by atoms with Gasteiger partial charge in [-0.25, -0.2) is 14.4 Å². The van der Waals surface area contributed by atoms with Crippen molar-refractivity contribution in [3.05, 3.63) is 71.9 Å². The first kappa shape index (κ1) is 17.5. The van der Waals surface area contributed by atoms with E-state index >= 15 is 0 Å². The predicted molar refractivity (Wildman–Crippen MR) is 97.2 cm³/mol. The predicted octanol–water partition coefficient (Wildman–Crippen LogP) is 2.83. The van der Waals surface area contributed by atoms with Gasteiger partial charge in [-0.3, -0.25) is 9.78 Å². The van der Waals surface area contributed by atoms with E-state index in [0.29, 0.717) is 24.7 Å². The first-order chi connectivity index (χ1) is 12.6. The Bertz CT molecular complexity index is 901. The molecule has 3 aromatic rings. The van der Waals surface area contributed by atoms with Gasteiger partial charge in [-0.15, -0.1) is 0 Å². The molecule has 0 aliphatic rings. The summed E-state index contributed by atoms with van der Waals surface area (Å²) in [4.78, 5) is 24.9. The zero-order chi connectivity index (χ0) is 18.4. The van der Waals surface area contributed by atoms with Gasteiger partial charge in [0, 0.05) is 42.8 Å². The summed E-state index contributed by atoms with van der Waals surface area (Å²) in [6.45, 7) is 2.66. The number of carbonyl (C=O) groups excluding carboxylic acids is 1. The monoisotopic (exact) mass is 351 g/mol. The zero-order valence-electron chi connectivity index (χ0n) is 14.2. The number of hydrogen-bond donors (Lipinski definition) is 2. The fraction of sp³-hybridized carbons (Fsp3) is 0.158. The molecule has 0 spiro atoms. The highest BCUT2D eigenvalue weighted by Crippen LogP contribution is 2.16. The SMILES string of the molecule is Cc1cc(NCCNC(=O)c2ccccc2F)nc(-c2cccnc2)n1. The summed E-state index contributed by atoms with van der Waals surface area (Å²) in [7, 11) is 0. The average Bonchev–Trinajstić information content (AvgIpc) is 2.66. The van der Waals surface area contributed by atoms with Crippen LogP contribution in [0.1, 0.15) is 16.1 Å². The van der Waals surface area contributed by atoms with Crippen molar-refractivity contribution in [2.75, 3.05) is 18.4 Å². The van der Waals surface area contributed by atoms with Gasteiger partial charge >= 0.3 is 0 Å². The Kier molecular flexibility index (Phi) is 5.48. The quantitative estimate of drug-likeness (QED) is 0.668. The number of aromatic nitrogens is 3. The maximum atomic E-state index is 13.6. The highest BCUT2D eigenvalue weighted by atomic mass is 19.1. The van der Waals surface area contributed by atoms with Gasteiger partial charge in [-0.1, -0.05) is 12.1 Å². The molecule has 0 saturated carbocycles. The molecule has 26 heavy (non-hydrogen) atoms. The van der Waals surface area contributed by atoms with E-state index in [0.717, 1.165) is 11.3 Å². The molecule has 1 aromatic carbocycles. The number of amides is 1. The van der Waals surface area contributed by atoms with Crippen LogP contribution >= 0.6 is 0 Å². The molecule has 0 radical (unpaired) electrons. The normalized spacial score (nSPS) is 10.4. The Hall–Kier alpha value is -3.35. The van der Waals surface area contributed by atoms with Crippen LogP contribution in [0.5, 0.6) is 0 Å². The van der Waals surface area contributed by atoms with Gasteiger partial charge in [0.05, 0.1) is 5.56 Å². The number of aryl methyl sites for hydroxylation is 1. The minimum Gasteiger partial charge on any atom is -0.368 e. The van der Waals surface area contributed by atoms with E-state index in [4.69, 9.17) is 0 Å². The molecule has 3 rings (SSSR count). The highest BCUT2D eigenvalue weighted by Gasteiger charge is 2.10. The summed E-state index contributed by atoms with van der Waals surface area (Å²) in [6.07, 6.45) is 3.39. The molecule has 0 aliphatic heterocycles. The van der Waals surface area contributed by atoms with E-state index < -0.39 is 11.7 Å². The van der Waals surface area contributed by atoms with Crippen molar-refractivity contribution in [3.8, 4) is 11.4 Å². The number of pyridine rings is 1. The van der Waals surface area contributed by atoms with Crippen molar-refractivity contribution in [2.45, 2.75) is 6.92 Å². The van der Waals surface area contributed by atoms with E-state index in [1.807, 2.05) is 25.1 Å². The minimum atomic E-state index is -0.537. The number of carbonyl (C=O) groups is 1. The van der Waals surface area contributed by atoms with Gasteiger partial charge in [-0.05, 0) is 31.2 Å². The third kappa shape index (κ3) is 4.38. The van der Waals surface area contributed by atoms with Crippen molar-refractivity contribution >= 4 is 11.7 Å². The molecule has 7 heteroatoms. The number of anilines is 1. The van der Waals surface area contributed by atoms with Crippen molar-refractivity contribution in [3.63, 3.8) is 0 Å². The van der Waals surface area contributed by atoms with E-state index in [-0.39, 0.29) is 5.56 Å². The highest BCUT2D eigenvalue weighted by molar-refractivity contribution is 5.94. The molecule has 0 atom stereocenters. The van der Waals surface area contributed by atoms with Crippen LogP contribution in [0.15, 0.2) is 54.9 Å². The van der Waals surface area contributed by atoms with Crippen LogP contribution in [-0.2, 0) is 0 Å². The molecule has 0 unspecified atom stereocenters. The van der Waals surface area contributed by atoms with Crippen LogP contribution in [0.25, 0.3) is 11.4 Å². The molecule has 2 heterocycles. The summed E-state index contributed by atoms with van der Waals surface area (Å²) in [6, 6.07) is 11.4. The first-order valence-electron chi connectivity index (χ1n) is 8.16. The van der Waals surface area contributed by atoms with E-state index in [9.17, 15) is 9.18 Å². The van der Waals surface area contributed by atoms with Crippen LogP contribution < -0.4 is 10.6 Å². The van der Waals surface area contributed by atoms with Gasteiger partial charge in [0.25, 0.3) is 5.91 Å².